The average Bonchev–Trinajstić information content (AvgIpc) is 3.21. The van der Waals surface area contributed by atoms with Gasteiger partial charge in [-0.15, -0.1) is 5.10 Å². The highest BCUT2D eigenvalue weighted by Gasteiger charge is 2.09. The Kier molecular flexibility index (Phi) is 7.69. The molecular weight excluding hydrogens is 374 g/mol. The molecule has 3 aromatic rings. The Morgan fingerprint density at radius 1 is 1.11 bits per heavy atom. The Balaban J connectivity index is 1.41. The lowest BCUT2D eigenvalue weighted by molar-refractivity contribution is -0.670. The molecule has 148 valence electrons. The summed E-state index contributed by atoms with van der Waals surface area (Å²) in [5.74, 6) is 2.55. The second-order valence-electron chi connectivity index (χ2n) is 6.11. The van der Waals surface area contributed by atoms with Crippen molar-refractivity contribution in [3.05, 3.63) is 54.1 Å². The largest absolute Gasteiger partial charge is 0.493 e. The van der Waals surface area contributed by atoms with Crippen molar-refractivity contribution in [3.63, 3.8) is 0 Å². The molecule has 2 N–H and O–H groups in total. The number of tetrazole rings is 1. The fourth-order valence-corrected chi connectivity index (χ4v) is 3.63. The minimum Gasteiger partial charge on any atom is -0.493 e. The van der Waals surface area contributed by atoms with Gasteiger partial charge in [0, 0.05) is 17.7 Å². The van der Waals surface area contributed by atoms with Crippen molar-refractivity contribution in [2.75, 3.05) is 26.0 Å². The van der Waals surface area contributed by atoms with E-state index in [1.807, 2.05) is 49.4 Å². The van der Waals surface area contributed by atoms with Crippen LogP contribution in [0.2, 0.25) is 0 Å². The van der Waals surface area contributed by atoms with Crippen molar-refractivity contribution >= 4 is 11.8 Å². The first-order chi connectivity index (χ1) is 13.8. The maximum Gasteiger partial charge on any atom is 0.214 e. The summed E-state index contributed by atoms with van der Waals surface area (Å²) in [6.45, 7) is 4.55. The zero-order valence-corrected chi connectivity index (χ0v) is 17.1. The van der Waals surface area contributed by atoms with E-state index < -0.39 is 0 Å². The number of para-hydroxylation sites is 1. The van der Waals surface area contributed by atoms with E-state index in [4.69, 9.17) is 9.47 Å². The highest BCUT2D eigenvalue weighted by molar-refractivity contribution is 7.99. The molecule has 1 heterocycles. The molecule has 28 heavy (non-hydrogen) atoms. The molecule has 0 radical (unpaired) electrons. The lowest BCUT2D eigenvalue weighted by Crippen LogP contribution is -2.82. The van der Waals surface area contributed by atoms with Gasteiger partial charge in [0.05, 0.1) is 25.9 Å². The van der Waals surface area contributed by atoms with Crippen LogP contribution in [0.1, 0.15) is 18.9 Å². The van der Waals surface area contributed by atoms with Crippen LogP contribution < -0.4 is 14.8 Å². The summed E-state index contributed by atoms with van der Waals surface area (Å²) in [6, 6.07) is 16.1. The maximum absolute atomic E-state index is 5.56. The molecule has 0 saturated carbocycles. The Labute approximate surface area is 169 Å². The molecule has 0 unspecified atom stereocenters. The van der Waals surface area contributed by atoms with Gasteiger partial charge >= 0.3 is 0 Å². The minimum absolute atomic E-state index is 0.632. The standard InChI is InChI=1S/C20H25N5O2S/c1-3-27-18-11-10-16(14-19(18)26-2)15-21-12-7-13-28-20-22-23-24-25(20)17-8-5-4-6-9-17/h4-6,8-11,14,21H,3,7,12-13,15H2,1-2H3/p+1. The first kappa shape index (κ1) is 20.2. The van der Waals surface area contributed by atoms with Gasteiger partial charge < -0.3 is 14.8 Å². The van der Waals surface area contributed by atoms with Crippen molar-refractivity contribution < 1.29 is 14.8 Å². The summed E-state index contributed by atoms with van der Waals surface area (Å²) in [4.78, 5) is 0. The van der Waals surface area contributed by atoms with E-state index in [1.165, 1.54) is 5.56 Å². The van der Waals surface area contributed by atoms with Gasteiger partial charge in [-0.25, -0.2) is 0 Å². The zero-order chi connectivity index (χ0) is 19.6. The Morgan fingerprint density at radius 3 is 2.75 bits per heavy atom. The average molecular weight is 401 g/mol. The predicted octanol–water partition coefficient (Wildman–Crippen LogP) is 2.32. The summed E-state index contributed by atoms with van der Waals surface area (Å²) >= 11 is 1.68. The van der Waals surface area contributed by atoms with Crippen LogP contribution in [0.5, 0.6) is 11.5 Å². The lowest BCUT2D eigenvalue weighted by atomic mass is 10.2. The van der Waals surface area contributed by atoms with E-state index in [1.54, 1.807) is 23.6 Å². The number of benzene rings is 2. The number of aromatic nitrogens is 4. The summed E-state index contributed by atoms with van der Waals surface area (Å²) in [5, 5.41) is 15.1. The number of hydrogen-bond donors (Lipinski definition) is 1. The highest BCUT2D eigenvalue weighted by atomic mass is 32.2. The van der Waals surface area contributed by atoms with E-state index in [-0.39, 0.29) is 0 Å². The Hall–Kier alpha value is -2.58. The van der Waals surface area contributed by atoms with Crippen molar-refractivity contribution in [1.29, 1.82) is 0 Å². The number of nitrogens with zero attached hydrogens (tertiary/aromatic N) is 4. The zero-order valence-electron chi connectivity index (χ0n) is 16.2. The van der Waals surface area contributed by atoms with Gasteiger partial charge in [0.25, 0.3) is 0 Å². The number of quaternary nitrogens is 1. The SMILES string of the molecule is CCOc1ccc(C[NH2+]CCCSc2nnnn2-c2ccccc2)cc1OC. The first-order valence-electron chi connectivity index (χ1n) is 9.39. The number of methoxy groups -OCH3 is 1. The number of rotatable bonds is 11. The predicted molar refractivity (Wildman–Crippen MR) is 109 cm³/mol. The van der Waals surface area contributed by atoms with Crippen molar-refractivity contribution in [1.82, 2.24) is 20.2 Å². The number of thioether (sulfide) groups is 1. The van der Waals surface area contributed by atoms with Gasteiger partial charge in [0.1, 0.15) is 6.54 Å². The highest BCUT2D eigenvalue weighted by Crippen LogP contribution is 2.27. The normalized spacial score (nSPS) is 10.8. The van der Waals surface area contributed by atoms with Crippen LogP contribution in [0.15, 0.2) is 53.7 Å². The van der Waals surface area contributed by atoms with Gasteiger partial charge in [0.15, 0.2) is 11.5 Å². The molecule has 0 aliphatic heterocycles. The third-order valence-corrected chi connectivity index (χ3v) is 5.14. The topological polar surface area (TPSA) is 78.7 Å². The van der Waals surface area contributed by atoms with Gasteiger partial charge in [-0.3, -0.25) is 0 Å². The molecule has 7 nitrogen and oxygen atoms in total. The Bertz CT molecular complexity index is 857. The molecule has 8 heteroatoms. The monoisotopic (exact) mass is 400 g/mol. The fourth-order valence-electron chi connectivity index (χ4n) is 2.77. The van der Waals surface area contributed by atoms with Crippen LogP contribution in [0, 0.1) is 0 Å². The second kappa shape index (κ2) is 10.7. The van der Waals surface area contributed by atoms with E-state index in [0.29, 0.717) is 6.61 Å². The maximum atomic E-state index is 5.56. The van der Waals surface area contributed by atoms with E-state index >= 15 is 0 Å². The molecule has 0 bridgehead atoms. The van der Waals surface area contributed by atoms with Crippen LogP contribution >= 0.6 is 11.8 Å². The smallest absolute Gasteiger partial charge is 0.214 e. The molecule has 0 aliphatic rings. The number of hydrogen-bond acceptors (Lipinski definition) is 6. The van der Waals surface area contributed by atoms with Gasteiger partial charge in [-0.05, 0) is 47.7 Å². The molecule has 2 aromatic carbocycles. The molecule has 0 atom stereocenters. The summed E-state index contributed by atoms with van der Waals surface area (Å²) < 4.78 is 12.7. The third-order valence-electron chi connectivity index (χ3n) is 4.13. The van der Waals surface area contributed by atoms with E-state index in [0.717, 1.165) is 47.6 Å². The summed E-state index contributed by atoms with van der Waals surface area (Å²) in [7, 11) is 1.67. The fraction of sp³-hybridized carbons (Fsp3) is 0.350. The van der Waals surface area contributed by atoms with Gasteiger partial charge in [0.2, 0.25) is 5.16 Å². The summed E-state index contributed by atoms with van der Waals surface area (Å²) in [5.41, 5.74) is 2.20. The van der Waals surface area contributed by atoms with Crippen LogP contribution in [0.3, 0.4) is 0 Å². The quantitative estimate of drug-likeness (QED) is 0.393. The number of nitrogens with two attached hydrogens (primary N) is 1. The van der Waals surface area contributed by atoms with Crippen LogP contribution in [-0.2, 0) is 6.54 Å². The molecular formula is C20H26N5O2S+. The van der Waals surface area contributed by atoms with Crippen molar-refractivity contribution in [2.45, 2.75) is 25.0 Å². The van der Waals surface area contributed by atoms with Crippen molar-refractivity contribution in [3.8, 4) is 17.2 Å². The summed E-state index contributed by atoms with van der Waals surface area (Å²) in [6.07, 6.45) is 1.07. The minimum atomic E-state index is 0.632. The first-order valence-corrected chi connectivity index (χ1v) is 10.4. The Morgan fingerprint density at radius 2 is 1.96 bits per heavy atom. The molecule has 0 aliphatic carbocycles. The van der Waals surface area contributed by atoms with Crippen molar-refractivity contribution in [2.24, 2.45) is 0 Å². The molecule has 3 rings (SSSR count). The third kappa shape index (κ3) is 5.46. The molecule has 0 amide bonds. The van der Waals surface area contributed by atoms with E-state index in [2.05, 4.69) is 26.9 Å². The second-order valence-corrected chi connectivity index (χ2v) is 7.17. The van der Waals surface area contributed by atoms with Crippen LogP contribution in [-0.4, -0.2) is 46.2 Å². The van der Waals surface area contributed by atoms with Gasteiger partial charge in [-0.2, -0.15) is 4.68 Å². The molecule has 0 fully saturated rings. The number of ether oxygens (including phenoxy) is 2. The van der Waals surface area contributed by atoms with E-state index in [9.17, 15) is 0 Å². The lowest BCUT2D eigenvalue weighted by Gasteiger charge is -2.10. The molecule has 1 aromatic heterocycles. The van der Waals surface area contributed by atoms with Crippen LogP contribution in [0.25, 0.3) is 5.69 Å². The molecule has 0 saturated heterocycles. The van der Waals surface area contributed by atoms with Crippen LogP contribution in [0.4, 0.5) is 0 Å². The molecule has 0 spiro atoms. The van der Waals surface area contributed by atoms with Gasteiger partial charge in [-0.1, -0.05) is 30.0 Å².